The van der Waals surface area contributed by atoms with Crippen molar-refractivity contribution in [2.75, 3.05) is 19.0 Å². The molecule has 0 amide bonds. The summed E-state index contributed by atoms with van der Waals surface area (Å²) in [6.07, 6.45) is 5.69. The van der Waals surface area contributed by atoms with Gasteiger partial charge in [0.15, 0.2) is 5.82 Å². The highest BCUT2D eigenvalue weighted by molar-refractivity contribution is 5.47. The summed E-state index contributed by atoms with van der Waals surface area (Å²) in [6.45, 7) is 5.88. The smallest absolute Gasteiger partial charge is 0.321 e. The van der Waals surface area contributed by atoms with Crippen LogP contribution in [0.25, 0.3) is 11.6 Å². The number of hydrogen-bond acceptors (Lipinski definition) is 6. The minimum Gasteiger partial charge on any atom is -0.467 e. The lowest BCUT2D eigenvalue weighted by Gasteiger charge is -2.08. The van der Waals surface area contributed by atoms with Crippen LogP contribution in [-0.4, -0.2) is 38.2 Å². The molecular weight excluding hydrogens is 256 g/mol. The van der Waals surface area contributed by atoms with E-state index in [4.69, 9.17) is 4.74 Å². The Morgan fingerprint density at radius 2 is 2.05 bits per heavy atom. The third kappa shape index (κ3) is 3.23. The summed E-state index contributed by atoms with van der Waals surface area (Å²) >= 11 is 0. The van der Waals surface area contributed by atoms with Gasteiger partial charge in [-0.1, -0.05) is 13.8 Å². The van der Waals surface area contributed by atoms with Gasteiger partial charge in [-0.05, 0) is 12.8 Å². The van der Waals surface area contributed by atoms with Crippen LogP contribution in [0.2, 0.25) is 0 Å². The summed E-state index contributed by atoms with van der Waals surface area (Å²) in [4.78, 5) is 17.2. The van der Waals surface area contributed by atoms with Crippen LogP contribution in [-0.2, 0) is 6.54 Å². The molecule has 1 N–H and O–H groups in total. The molecule has 0 bridgehead atoms. The standard InChI is InChI=1S/C13H20N6O/c1-4-6-15-12-16-10(17-13(18-12)20-3)11-14-7-9-19(11)8-5-2/h7,9H,4-6,8H2,1-3H3,(H,15,16,17,18). The number of hydrogen-bond donors (Lipinski definition) is 1. The zero-order chi connectivity index (χ0) is 14.4. The average Bonchev–Trinajstić information content (AvgIpc) is 2.93. The first-order chi connectivity index (χ1) is 9.78. The SMILES string of the molecule is CCCNc1nc(OC)nc(-c2nccn2CCC)n1. The molecule has 0 saturated heterocycles. The third-order valence-corrected chi connectivity index (χ3v) is 2.71. The van der Waals surface area contributed by atoms with Crippen molar-refractivity contribution in [3.8, 4) is 17.7 Å². The Bertz CT molecular complexity index is 554. The zero-order valence-corrected chi connectivity index (χ0v) is 12.1. The van der Waals surface area contributed by atoms with Crippen LogP contribution in [0.15, 0.2) is 12.4 Å². The molecule has 0 unspecified atom stereocenters. The second-order valence-corrected chi connectivity index (χ2v) is 4.34. The van der Waals surface area contributed by atoms with Crippen LogP contribution in [0.3, 0.4) is 0 Å². The van der Waals surface area contributed by atoms with E-state index >= 15 is 0 Å². The summed E-state index contributed by atoms with van der Waals surface area (Å²) in [6, 6.07) is 0.291. The zero-order valence-electron chi connectivity index (χ0n) is 12.1. The van der Waals surface area contributed by atoms with Crippen LogP contribution in [0.4, 0.5) is 5.95 Å². The Morgan fingerprint density at radius 3 is 2.75 bits per heavy atom. The van der Waals surface area contributed by atoms with Crippen molar-refractivity contribution in [2.24, 2.45) is 0 Å². The molecule has 0 aliphatic heterocycles. The van der Waals surface area contributed by atoms with Gasteiger partial charge in [-0.15, -0.1) is 0 Å². The second-order valence-electron chi connectivity index (χ2n) is 4.34. The Morgan fingerprint density at radius 1 is 1.20 bits per heavy atom. The van der Waals surface area contributed by atoms with Gasteiger partial charge in [-0.25, -0.2) is 4.98 Å². The third-order valence-electron chi connectivity index (χ3n) is 2.71. The maximum atomic E-state index is 5.13. The topological polar surface area (TPSA) is 77.8 Å². The molecule has 0 saturated carbocycles. The molecule has 2 heterocycles. The summed E-state index contributed by atoms with van der Waals surface area (Å²) in [5.74, 6) is 1.76. The Labute approximate surface area is 118 Å². The summed E-state index contributed by atoms with van der Waals surface area (Å²) in [5.41, 5.74) is 0. The molecular formula is C13H20N6O. The Kier molecular flexibility index (Phi) is 4.86. The molecule has 20 heavy (non-hydrogen) atoms. The van der Waals surface area contributed by atoms with Crippen molar-refractivity contribution in [3.05, 3.63) is 12.4 Å². The lowest BCUT2D eigenvalue weighted by molar-refractivity contribution is 0.379. The second kappa shape index (κ2) is 6.83. The molecule has 7 heteroatoms. The number of ether oxygens (including phenoxy) is 1. The Hall–Kier alpha value is -2.18. The van der Waals surface area contributed by atoms with Crippen molar-refractivity contribution in [2.45, 2.75) is 33.2 Å². The fraction of sp³-hybridized carbons (Fsp3) is 0.538. The van der Waals surface area contributed by atoms with Gasteiger partial charge < -0.3 is 14.6 Å². The number of methoxy groups -OCH3 is 1. The number of imidazole rings is 1. The molecule has 0 aromatic carbocycles. The predicted octanol–water partition coefficient (Wildman–Crippen LogP) is 1.98. The van der Waals surface area contributed by atoms with Crippen molar-refractivity contribution in [1.82, 2.24) is 24.5 Å². The van der Waals surface area contributed by atoms with Crippen LogP contribution in [0.5, 0.6) is 6.01 Å². The quantitative estimate of drug-likeness (QED) is 0.833. The van der Waals surface area contributed by atoms with E-state index in [2.05, 4.69) is 39.1 Å². The first kappa shape index (κ1) is 14.2. The van der Waals surface area contributed by atoms with Gasteiger partial charge in [0, 0.05) is 25.5 Å². The van der Waals surface area contributed by atoms with Crippen LogP contribution in [0.1, 0.15) is 26.7 Å². The van der Waals surface area contributed by atoms with Crippen molar-refractivity contribution >= 4 is 5.95 Å². The molecule has 7 nitrogen and oxygen atoms in total. The summed E-state index contributed by atoms with van der Waals surface area (Å²) < 4.78 is 7.16. The van der Waals surface area contributed by atoms with E-state index in [1.807, 2.05) is 10.8 Å². The lowest BCUT2D eigenvalue weighted by atomic mass is 10.4. The lowest BCUT2D eigenvalue weighted by Crippen LogP contribution is -2.09. The molecule has 2 aromatic heterocycles. The van der Waals surface area contributed by atoms with E-state index in [1.54, 1.807) is 13.3 Å². The van der Waals surface area contributed by atoms with Crippen molar-refractivity contribution < 1.29 is 4.74 Å². The molecule has 0 fully saturated rings. The van der Waals surface area contributed by atoms with E-state index in [-0.39, 0.29) is 0 Å². The van der Waals surface area contributed by atoms with Gasteiger partial charge in [-0.2, -0.15) is 15.0 Å². The molecule has 0 aliphatic carbocycles. The largest absolute Gasteiger partial charge is 0.467 e. The monoisotopic (exact) mass is 276 g/mol. The highest BCUT2D eigenvalue weighted by Crippen LogP contribution is 2.17. The van der Waals surface area contributed by atoms with Gasteiger partial charge in [0.25, 0.3) is 0 Å². The number of nitrogens with one attached hydrogen (secondary N) is 1. The predicted molar refractivity (Wildman–Crippen MR) is 76.7 cm³/mol. The first-order valence-corrected chi connectivity index (χ1v) is 6.83. The number of aryl methyl sites for hydroxylation is 1. The fourth-order valence-corrected chi connectivity index (χ4v) is 1.80. The number of nitrogens with zero attached hydrogens (tertiary/aromatic N) is 5. The summed E-state index contributed by atoms with van der Waals surface area (Å²) in [7, 11) is 1.54. The molecule has 0 spiro atoms. The number of rotatable bonds is 7. The first-order valence-electron chi connectivity index (χ1n) is 6.83. The Balaban J connectivity index is 2.36. The molecule has 108 valence electrons. The highest BCUT2D eigenvalue weighted by atomic mass is 16.5. The maximum absolute atomic E-state index is 5.13. The van der Waals surface area contributed by atoms with E-state index in [0.717, 1.165) is 31.8 Å². The van der Waals surface area contributed by atoms with Gasteiger partial charge in [-0.3, -0.25) is 0 Å². The molecule has 2 rings (SSSR count). The molecule has 2 aromatic rings. The van der Waals surface area contributed by atoms with E-state index in [0.29, 0.717) is 17.8 Å². The van der Waals surface area contributed by atoms with E-state index in [9.17, 15) is 0 Å². The number of anilines is 1. The van der Waals surface area contributed by atoms with Gasteiger partial charge in [0.2, 0.25) is 11.8 Å². The summed E-state index contributed by atoms with van der Waals surface area (Å²) in [5, 5.41) is 3.14. The molecule has 0 aliphatic rings. The maximum Gasteiger partial charge on any atom is 0.321 e. The van der Waals surface area contributed by atoms with E-state index in [1.165, 1.54) is 0 Å². The van der Waals surface area contributed by atoms with Crippen molar-refractivity contribution in [3.63, 3.8) is 0 Å². The van der Waals surface area contributed by atoms with Gasteiger partial charge >= 0.3 is 6.01 Å². The van der Waals surface area contributed by atoms with Crippen LogP contribution in [0, 0.1) is 0 Å². The molecule has 0 atom stereocenters. The van der Waals surface area contributed by atoms with Crippen LogP contribution < -0.4 is 10.1 Å². The normalized spacial score (nSPS) is 10.6. The van der Waals surface area contributed by atoms with Gasteiger partial charge in [0.05, 0.1) is 7.11 Å². The van der Waals surface area contributed by atoms with Gasteiger partial charge in [0.1, 0.15) is 0 Å². The highest BCUT2D eigenvalue weighted by Gasteiger charge is 2.13. The minimum atomic E-state index is 0.291. The van der Waals surface area contributed by atoms with Crippen molar-refractivity contribution in [1.29, 1.82) is 0 Å². The van der Waals surface area contributed by atoms with Crippen LogP contribution >= 0.6 is 0 Å². The number of aromatic nitrogens is 5. The fourth-order valence-electron chi connectivity index (χ4n) is 1.80. The van der Waals surface area contributed by atoms with E-state index < -0.39 is 0 Å². The molecule has 0 radical (unpaired) electrons. The minimum absolute atomic E-state index is 0.291. The average molecular weight is 276 g/mol.